The van der Waals surface area contributed by atoms with Gasteiger partial charge in [0.05, 0.1) is 18.5 Å². The van der Waals surface area contributed by atoms with E-state index in [2.05, 4.69) is 25.7 Å². The minimum Gasteiger partial charge on any atom is -0.309 e. The molecule has 7 nitrogen and oxygen atoms in total. The van der Waals surface area contributed by atoms with Crippen molar-refractivity contribution in [1.29, 1.82) is 0 Å². The van der Waals surface area contributed by atoms with Crippen molar-refractivity contribution in [2.24, 2.45) is 0 Å². The Hall–Kier alpha value is -3.78. The van der Waals surface area contributed by atoms with Crippen molar-refractivity contribution < 1.29 is 9.59 Å². The van der Waals surface area contributed by atoms with Gasteiger partial charge in [0.25, 0.3) is 0 Å². The zero-order valence-electron chi connectivity index (χ0n) is 19.4. The molecule has 0 saturated carbocycles. The fourth-order valence-corrected chi connectivity index (χ4v) is 4.54. The molecule has 0 bridgehead atoms. The Morgan fingerprint density at radius 3 is 2.00 bits per heavy atom. The summed E-state index contributed by atoms with van der Waals surface area (Å²) >= 11 is 1.51. The number of nitrogens with one attached hydrogen (secondary N) is 1. The van der Waals surface area contributed by atoms with Crippen LogP contribution >= 0.6 is 11.3 Å². The molecule has 8 heteroatoms. The summed E-state index contributed by atoms with van der Waals surface area (Å²) in [6.07, 6.45) is 4.57. The first-order valence-electron chi connectivity index (χ1n) is 11.7. The first kappa shape index (κ1) is 24.3. The van der Waals surface area contributed by atoms with Crippen LogP contribution in [0.5, 0.6) is 0 Å². The second-order valence-corrected chi connectivity index (χ2v) is 9.44. The Labute approximate surface area is 208 Å². The lowest BCUT2D eigenvalue weighted by molar-refractivity contribution is -0.118. The van der Waals surface area contributed by atoms with E-state index in [0.29, 0.717) is 25.1 Å². The van der Waals surface area contributed by atoms with Gasteiger partial charge in [0.2, 0.25) is 5.91 Å². The molecule has 0 fully saturated rings. The summed E-state index contributed by atoms with van der Waals surface area (Å²) in [5.41, 5.74) is 2.86. The number of aromatic nitrogens is 4. The first-order chi connectivity index (χ1) is 17.1. The summed E-state index contributed by atoms with van der Waals surface area (Å²) in [4.78, 5) is 24.4. The Morgan fingerprint density at radius 2 is 1.31 bits per heavy atom. The van der Waals surface area contributed by atoms with E-state index in [9.17, 15) is 9.59 Å². The van der Waals surface area contributed by atoms with E-state index in [1.54, 1.807) is 6.07 Å². The highest BCUT2D eigenvalue weighted by molar-refractivity contribution is 7.11. The van der Waals surface area contributed by atoms with Crippen LogP contribution in [0.15, 0.2) is 72.8 Å². The number of anilines is 1. The van der Waals surface area contributed by atoms with Gasteiger partial charge in [-0.3, -0.25) is 9.59 Å². The monoisotopic (exact) mass is 485 g/mol. The van der Waals surface area contributed by atoms with Crippen LogP contribution in [0, 0.1) is 0 Å². The molecule has 2 aromatic heterocycles. The maximum absolute atomic E-state index is 12.3. The topological polar surface area (TPSA) is 97.7 Å². The highest BCUT2D eigenvalue weighted by atomic mass is 32.1. The standard InChI is InChI=1S/C27H27N5O2S/c33-23(17-20-9-3-1-4-10-20)19-27-32-31-26(35-27)14-8-7-13-22-15-16-24(30-29-22)28-25(34)18-21-11-5-2-6-12-21/h1-6,9-12,15-16H,7-8,13-14,17-19H2,(H,28,30,34). The van der Waals surface area contributed by atoms with Crippen molar-refractivity contribution >= 4 is 28.8 Å². The molecule has 2 heterocycles. The number of unbranched alkanes of at least 4 members (excludes halogenated alkanes) is 1. The number of benzene rings is 2. The summed E-state index contributed by atoms with van der Waals surface area (Å²) in [6, 6.07) is 23.0. The van der Waals surface area contributed by atoms with Gasteiger partial charge < -0.3 is 5.32 Å². The molecule has 0 atom stereocenters. The van der Waals surface area contributed by atoms with Crippen molar-refractivity contribution in [1.82, 2.24) is 20.4 Å². The van der Waals surface area contributed by atoms with Crippen molar-refractivity contribution in [2.45, 2.75) is 44.9 Å². The van der Waals surface area contributed by atoms with Gasteiger partial charge in [0.15, 0.2) is 5.82 Å². The first-order valence-corrected chi connectivity index (χ1v) is 12.5. The number of rotatable bonds is 12. The lowest BCUT2D eigenvalue weighted by Crippen LogP contribution is -2.15. The van der Waals surface area contributed by atoms with Gasteiger partial charge in [-0.1, -0.05) is 60.7 Å². The van der Waals surface area contributed by atoms with Crippen LogP contribution in [-0.4, -0.2) is 32.1 Å². The number of hydrogen-bond donors (Lipinski definition) is 1. The Kier molecular flexibility index (Phi) is 8.78. The number of ketones is 1. The molecule has 0 aliphatic heterocycles. The van der Waals surface area contributed by atoms with Crippen LogP contribution in [0.1, 0.15) is 39.7 Å². The number of amides is 1. The molecule has 0 radical (unpaired) electrons. The average Bonchev–Trinajstić information content (AvgIpc) is 3.31. The zero-order valence-corrected chi connectivity index (χ0v) is 20.2. The lowest BCUT2D eigenvalue weighted by Gasteiger charge is -2.05. The average molecular weight is 486 g/mol. The molecule has 0 aliphatic rings. The smallest absolute Gasteiger partial charge is 0.229 e. The number of aryl methyl sites for hydroxylation is 2. The summed E-state index contributed by atoms with van der Waals surface area (Å²) in [5.74, 6) is 0.492. The highest BCUT2D eigenvalue weighted by Crippen LogP contribution is 2.15. The van der Waals surface area contributed by atoms with Gasteiger partial charge in [-0.05, 0) is 42.5 Å². The Bertz CT molecular complexity index is 1230. The summed E-state index contributed by atoms with van der Waals surface area (Å²) in [5, 5.41) is 21.3. The molecule has 2 aromatic carbocycles. The number of hydrogen-bond acceptors (Lipinski definition) is 7. The molecule has 4 aromatic rings. The van der Waals surface area contributed by atoms with Crippen molar-refractivity contribution in [3.8, 4) is 0 Å². The van der Waals surface area contributed by atoms with Crippen LogP contribution < -0.4 is 5.32 Å². The lowest BCUT2D eigenvalue weighted by atomic mass is 10.1. The quantitative estimate of drug-likeness (QED) is 0.298. The van der Waals surface area contributed by atoms with E-state index >= 15 is 0 Å². The van der Waals surface area contributed by atoms with Crippen LogP contribution in [0.25, 0.3) is 0 Å². The molecule has 0 unspecified atom stereocenters. The van der Waals surface area contributed by atoms with Crippen LogP contribution in [0.3, 0.4) is 0 Å². The predicted molar refractivity (Wildman–Crippen MR) is 136 cm³/mol. The highest BCUT2D eigenvalue weighted by Gasteiger charge is 2.11. The predicted octanol–water partition coefficient (Wildman–Crippen LogP) is 4.43. The zero-order chi connectivity index (χ0) is 24.3. The van der Waals surface area contributed by atoms with E-state index in [1.165, 1.54) is 11.3 Å². The third-order valence-electron chi connectivity index (χ3n) is 5.37. The Morgan fingerprint density at radius 1 is 0.657 bits per heavy atom. The normalized spacial score (nSPS) is 10.7. The van der Waals surface area contributed by atoms with E-state index in [-0.39, 0.29) is 11.7 Å². The number of carbonyl (C=O) groups excluding carboxylic acids is 2. The largest absolute Gasteiger partial charge is 0.309 e. The summed E-state index contributed by atoms with van der Waals surface area (Å²) in [6.45, 7) is 0. The molecule has 0 spiro atoms. The van der Waals surface area contributed by atoms with Gasteiger partial charge in [0.1, 0.15) is 15.8 Å². The van der Waals surface area contributed by atoms with Crippen molar-refractivity contribution in [3.63, 3.8) is 0 Å². The number of Topliss-reactive ketones (excluding diaryl/α,β-unsaturated/α-hetero) is 1. The van der Waals surface area contributed by atoms with Crippen LogP contribution in [-0.2, 0) is 41.7 Å². The molecule has 4 rings (SSSR count). The third kappa shape index (κ3) is 8.19. The molecule has 1 N–H and O–H groups in total. The fourth-order valence-electron chi connectivity index (χ4n) is 3.63. The van der Waals surface area contributed by atoms with Gasteiger partial charge in [-0.2, -0.15) is 5.10 Å². The van der Waals surface area contributed by atoms with Crippen LogP contribution in [0.4, 0.5) is 5.82 Å². The molecule has 35 heavy (non-hydrogen) atoms. The number of carbonyl (C=O) groups is 2. The second kappa shape index (κ2) is 12.6. The molecule has 1 amide bonds. The molecular formula is C27H27N5O2S. The van der Waals surface area contributed by atoms with E-state index in [1.807, 2.05) is 66.7 Å². The van der Waals surface area contributed by atoms with Crippen LogP contribution in [0.2, 0.25) is 0 Å². The van der Waals surface area contributed by atoms with Gasteiger partial charge >= 0.3 is 0 Å². The maximum Gasteiger partial charge on any atom is 0.229 e. The van der Waals surface area contributed by atoms with E-state index in [0.717, 1.165) is 52.5 Å². The van der Waals surface area contributed by atoms with Crippen molar-refractivity contribution in [2.75, 3.05) is 5.32 Å². The molecular weight excluding hydrogens is 458 g/mol. The van der Waals surface area contributed by atoms with Gasteiger partial charge in [0, 0.05) is 12.8 Å². The van der Waals surface area contributed by atoms with Gasteiger partial charge in [-0.25, -0.2) is 0 Å². The third-order valence-corrected chi connectivity index (χ3v) is 6.35. The summed E-state index contributed by atoms with van der Waals surface area (Å²) in [7, 11) is 0. The van der Waals surface area contributed by atoms with E-state index in [4.69, 9.17) is 0 Å². The molecule has 0 saturated heterocycles. The maximum atomic E-state index is 12.3. The fraction of sp³-hybridized carbons (Fsp3) is 0.259. The summed E-state index contributed by atoms with van der Waals surface area (Å²) < 4.78 is 0. The minimum atomic E-state index is -0.114. The second-order valence-electron chi connectivity index (χ2n) is 8.29. The SMILES string of the molecule is O=C(Cc1ccccc1)Cc1nnc(CCCCc2ccc(NC(=O)Cc3ccccc3)nn2)s1. The van der Waals surface area contributed by atoms with Crippen molar-refractivity contribution in [3.05, 3.63) is 99.6 Å². The van der Waals surface area contributed by atoms with Gasteiger partial charge in [-0.15, -0.1) is 26.6 Å². The number of nitrogens with zero attached hydrogens (tertiary/aromatic N) is 4. The minimum absolute atomic E-state index is 0.114. The Balaban J connectivity index is 1.14. The molecule has 0 aliphatic carbocycles. The van der Waals surface area contributed by atoms with E-state index < -0.39 is 0 Å². The molecule has 178 valence electrons.